The molecule has 27 heavy (non-hydrogen) atoms. The van der Waals surface area contributed by atoms with Crippen LogP contribution < -0.4 is 15.8 Å². The van der Waals surface area contributed by atoms with Crippen molar-refractivity contribution in [1.29, 1.82) is 5.41 Å². The number of aryl methyl sites for hydroxylation is 2. The molecule has 0 saturated heterocycles. The second-order valence-corrected chi connectivity index (χ2v) is 6.01. The molecular formula is C20H23N3O4. The van der Waals surface area contributed by atoms with Gasteiger partial charge < -0.3 is 20.5 Å². The Bertz CT molecular complexity index is 801. The van der Waals surface area contributed by atoms with Gasteiger partial charge in [-0.05, 0) is 31.0 Å². The number of nitrogens with one attached hydrogen (secondary N) is 2. The first-order valence-corrected chi connectivity index (χ1v) is 8.43. The van der Waals surface area contributed by atoms with Gasteiger partial charge in [-0.25, -0.2) is 4.79 Å². The van der Waals surface area contributed by atoms with E-state index < -0.39 is 12.2 Å². The lowest BCUT2D eigenvalue weighted by molar-refractivity contribution is -0.152. The number of amides is 1. The van der Waals surface area contributed by atoms with Crippen LogP contribution >= 0.6 is 0 Å². The van der Waals surface area contributed by atoms with Gasteiger partial charge in [0.2, 0.25) is 5.91 Å². The Morgan fingerprint density at radius 3 is 2.30 bits per heavy atom. The van der Waals surface area contributed by atoms with Gasteiger partial charge in [-0.15, -0.1) is 0 Å². The van der Waals surface area contributed by atoms with Crippen LogP contribution in [0.25, 0.3) is 0 Å². The zero-order valence-electron chi connectivity index (χ0n) is 15.3. The van der Waals surface area contributed by atoms with E-state index >= 15 is 0 Å². The first-order valence-electron chi connectivity index (χ1n) is 8.43. The average molecular weight is 369 g/mol. The lowest BCUT2D eigenvalue weighted by Crippen LogP contribution is -2.45. The summed E-state index contributed by atoms with van der Waals surface area (Å²) in [4.78, 5) is 24.1. The fourth-order valence-electron chi connectivity index (χ4n) is 2.32. The standard InChI is InChI=1S/C20H23N3O4/c1-13-3-10-16(11-4-13)27-19(20(25)26-2)23-17(24)12-7-14-5-8-15(9-6-14)18(21)22/h3-6,8-11,19H,7,12H2,1-2H3,(H3,21,22)(H,23,24). The summed E-state index contributed by atoms with van der Waals surface area (Å²) in [6.07, 6.45) is -0.572. The van der Waals surface area contributed by atoms with E-state index in [0.717, 1.165) is 11.1 Å². The number of nitrogens with two attached hydrogens (primary N) is 1. The molecule has 0 aromatic heterocycles. The fourth-order valence-corrected chi connectivity index (χ4v) is 2.32. The predicted molar refractivity (Wildman–Crippen MR) is 102 cm³/mol. The molecule has 0 aliphatic heterocycles. The Morgan fingerprint density at radius 2 is 1.74 bits per heavy atom. The van der Waals surface area contributed by atoms with Gasteiger partial charge in [-0.2, -0.15) is 0 Å². The third kappa shape index (κ3) is 6.14. The van der Waals surface area contributed by atoms with Crippen molar-refractivity contribution < 1.29 is 19.1 Å². The topological polar surface area (TPSA) is 114 Å². The predicted octanol–water partition coefficient (Wildman–Crippen LogP) is 1.91. The molecule has 0 aliphatic rings. The number of nitrogen functional groups attached to an aromatic ring is 1. The van der Waals surface area contributed by atoms with E-state index in [1.54, 1.807) is 24.3 Å². The molecule has 0 spiro atoms. The van der Waals surface area contributed by atoms with Gasteiger partial charge in [0.05, 0.1) is 7.11 Å². The maximum atomic E-state index is 12.2. The molecule has 2 aromatic rings. The van der Waals surface area contributed by atoms with Crippen molar-refractivity contribution in [2.45, 2.75) is 26.0 Å². The zero-order chi connectivity index (χ0) is 19.8. The van der Waals surface area contributed by atoms with Crippen molar-refractivity contribution in [1.82, 2.24) is 5.32 Å². The summed E-state index contributed by atoms with van der Waals surface area (Å²) in [5.74, 6) is -0.576. The van der Waals surface area contributed by atoms with Gasteiger partial charge in [0, 0.05) is 12.0 Å². The molecule has 7 heteroatoms. The van der Waals surface area contributed by atoms with Gasteiger partial charge >= 0.3 is 5.97 Å². The van der Waals surface area contributed by atoms with E-state index in [2.05, 4.69) is 5.32 Å². The highest BCUT2D eigenvalue weighted by molar-refractivity contribution is 5.94. The third-order valence-corrected chi connectivity index (χ3v) is 3.89. The summed E-state index contributed by atoms with van der Waals surface area (Å²) in [5, 5.41) is 9.91. The SMILES string of the molecule is COC(=O)C(NC(=O)CCc1ccc(C(=N)N)cc1)Oc1ccc(C)cc1. The molecule has 0 aliphatic carbocycles. The van der Waals surface area contributed by atoms with Crippen LogP contribution in [0, 0.1) is 12.3 Å². The maximum Gasteiger partial charge on any atom is 0.368 e. The number of rotatable bonds is 8. The van der Waals surface area contributed by atoms with Crippen molar-refractivity contribution in [2.75, 3.05) is 7.11 Å². The van der Waals surface area contributed by atoms with Crippen LogP contribution in [0.4, 0.5) is 0 Å². The third-order valence-electron chi connectivity index (χ3n) is 3.89. The number of amidine groups is 1. The van der Waals surface area contributed by atoms with E-state index in [1.165, 1.54) is 7.11 Å². The summed E-state index contributed by atoms with van der Waals surface area (Å²) < 4.78 is 10.2. The van der Waals surface area contributed by atoms with E-state index in [4.69, 9.17) is 20.6 Å². The van der Waals surface area contributed by atoms with Crippen LogP contribution in [0.5, 0.6) is 5.75 Å². The highest BCUT2D eigenvalue weighted by Gasteiger charge is 2.23. The highest BCUT2D eigenvalue weighted by Crippen LogP contribution is 2.13. The van der Waals surface area contributed by atoms with Gasteiger partial charge in [0.1, 0.15) is 11.6 Å². The normalized spacial score (nSPS) is 11.3. The molecule has 1 amide bonds. The van der Waals surface area contributed by atoms with Crippen molar-refractivity contribution >= 4 is 17.7 Å². The van der Waals surface area contributed by atoms with Crippen LogP contribution in [-0.2, 0) is 20.7 Å². The Balaban J connectivity index is 1.93. The Labute approximate surface area is 158 Å². The van der Waals surface area contributed by atoms with Crippen LogP contribution in [0.1, 0.15) is 23.1 Å². The van der Waals surface area contributed by atoms with Crippen molar-refractivity contribution in [3.8, 4) is 5.75 Å². The maximum absolute atomic E-state index is 12.2. The minimum absolute atomic E-state index is 0.00605. The lowest BCUT2D eigenvalue weighted by atomic mass is 10.1. The van der Waals surface area contributed by atoms with Gasteiger partial charge in [-0.1, -0.05) is 42.0 Å². The molecule has 2 rings (SSSR count). The number of benzene rings is 2. The minimum Gasteiger partial charge on any atom is -0.465 e. The molecule has 1 unspecified atom stereocenters. The number of hydrogen-bond acceptors (Lipinski definition) is 5. The summed E-state index contributed by atoms with van der Waals surface area (Å²) >= 11 is 0. The number of carbonyl (C=O) groups excluding carboxylic acids is 2. The molecule has 2 aromatic carbocycles. The van der Waals surface area contributed by atoms with Gasteiger partial charge in [0.25, 0.3) is 6.23 Å². The monoisotopic (exact) mass is 369 g/mol. The molecule has 1 atom stereocenters. The van der Waals surface area contributed by atoms with E-state index in [1.807, 2.05) is 31.2 Å². The number of hydrogen-bond donors (Lipinski definition) is 3. The van der Waals surface area contributed by atoms with E-state index in [9.17, 15) is 9.59 Å². The van der Waals surface area contributed by atoms with Crippen LogP contribution in [0.3, 0.4) is 0 Å². The minimum atomic E-state index is -1.22. The van der Waals surface area contributed by atoms with Crippen LogP contribution in [0.2, 0.25) is 0 Å². The second-order valence-electron chi connectivity index (χ2n) is 6.01. The molecule has 7 nitrogen and oxygen atoms in total. The first kappa shape index (κ1) is 20.0. The molecule has 0 heterocycles. The van der Waals surface area contributed by atoms with Gasteiger partial charge in [0.15, 0.2) is 0 Å². The first-order chi connectivity index (χ1) is 12.9. The average Bonchev–Trinajstić information content (AvgIpc) is 2.67. The quantitative estimate of drug-likeness (QED) is 0.285. The second kappa shape index (κ2) is 9.38. The largest absolute Gasteiger partial charge is 0.465 e. The van der Waals surface area contributed by atoms with Crippen LogP contribution in [0.15, 0.2) is 48.5 Å². The van der Waals surface area contributed by atoms with Crippen molar-refractivity contribution in [3.05, 3.63) is 65.2 Å². The van der Waals surface area contributed by atoms with Crippen molar-refractivity contribution in [2.24, 2.45) is 5.73 Å². The molecular weight excluding hydrogens is 346 g/mol. The Morgan fingerprint density at radius 1 is 1.11 bits per heavy atom. The number of carbonyl (C=O) groups is 2. The van der Waals surface area contributed by atoms with Crippen LogP contribution in [-0.4, -0.2) is 31.0 Å². The number of esters is 1. The zero-order valence-corrected chi connectivity index (χ0v) is 15.3. The molecule has 4 N–H and O–H groups in total. The molecule has 0 radical (unpaired) electrons. The van der Waals surface area contributed by atoms with Crippen molar-refractivity contribution in [3.63, 3.8) is 0 Å². The van der Waals surface area contributed by atoms with E-state index in [0.29, 0.717) is 17.7 Å². The number of methoxy groups -OCH3 is 1. The molecule has 0 fully saturated rings. The summed E-state index contributed by atoms with van der Waals surface area (Å²) in [7, 11) is 1.23. The number of ether oxygens (including phenoxy) is 2. The highest BCUT2D eigenvalue weighted by atomic mass is 16.6. The molecule has 0 saturated carbocycles. The summed E-state index contributed by atoms with van der Waals surface area (Å²) in [5.41, 5.74) is 8.01. The summed E-state index contributed by atoms with van der Waals surface area (Å²) in [6, 6.07) is 14.2. The lowest BCUT2D eigenvalue weighted by Gasteiger charge is -2.18. The molecule has 0 bridgehead atoms. The fraction of sp³-hybridized carbons (Fsp3) is 0.250. The van der Waals surface area contributed by atoms with E-state index in [-0.39, 0.29) is 18.2 Å². The van der Waals surface area contributed by atoms with Gasteiger partial charge in [-0.3, -0.25) is 10.2 Å². The molecule has 142 valence electrons. The summed E-state index contributed by atoms with van der Waals surface area (Å²) in [6.45, 7) is 1.94. The Hall–Kier alpha value is -3.35. The Kier molecular flexibility index (Phi) is 6.93. The smallest absolute Gasteiger partial charge is 0.368 e.